The molecule has 1 aliphatic heterocycles. The number of amides is 1. The Bertz CT molecular complexity index is 420. The molecule has 18 heavy (non-hydrogen) atoms. The number of benzene rings is 1. The van der Waals surface area contributed by atoms with Crippen LogP contribution in [-0.4, -0.2) is 32.1 Å². The molecule has 2 unspecified atom stereocenters. The normalized spacial score (nSPS) is 19.6. The van der Waals surface area contributed by atoms with Gasteiger partial charge in [-0.25, -0.2) is 0 Å². The molecule has 1 amide bonds. The Balaban J connectivity index is 1.90. The Kier molecular flexibility index (Phi) is 4.20. The number of nitrogens with one attached hydrogen (secondary N) is 2. The molecule has 4 nitrogen and oxygen atoms in total. The van der Waals surface area contributed by atoms with Crippen LogP contribution in [-0.2, 0) is 11.2 Å². The summed E-state index contributed by atoms with van der Waals surface area (Å²) >= 11 is 0. The SMILES string of the molecule is CNC(C)CNC(=O)C1COc2ccccc2C1. The minimum atomic E-state index is -0.0797. The number of carbonyl (C=O) groups excluding carboxylic acids is 1. The highest BCUT2D eigenvalue weighted by Gasteiger charge is 2.25. The zero-order chi connectivity index (χ0) is 13.0. The van der Waals surface area contributed by atoms with E-state index in [4.69, 9.17) is 4.74 Å². The van der Waals surface area contributed by atoms with E-state index in [1.807, 2.05) is 38.2 Å². The van der Waals surface area contributed by atoms with Crippen LogP contribution < -0.4 is 15.4 Å². The van der Waals surface area contributed by atoms with Crippen LogP contribution in [0.25, 0.3) is 0 Å². The van der Waals surface area contributed by atoms with Gasteiger partial charge in [-0.05, 0) is 32.0 Å². The van der Waals surface area contributed by atoms with Gasteiger partial charge < -0.3 is 15.4 Å². The van der Waals surface area contributed by atoms with Crippen molar-refractivity contribution >= 4 is 5.91 Å². The standard InChI is InChI=1S/C14H20N2O2/c1-10(15-2)8-16-14(17)12-7-11-5-3-4-6-13(11)18-9-12/h3-6,10,12,15H,7-9H2,1-2H3,(H,16,17). The summed E-state index contributed by atoms with van der Waals surface area (Å²) < 4.78 is 5.61. The average Bonchev–Trinajstić information content (AvgIpc) is 2.43. The number of para-hydroxylation sites is 1. The molecule has 0 spiro atoms. The van der Waals surface area contributed by atoms with Crippen molar-refractivity contribution < 1.29 is 9.53 Å². The number of fused-ring (bicyclic) bond motifs is 1. The average molecular weight is 248 g/mol. The van der Waals surface area contributed by atoms with Crippen LogP contribution in [0.3, 0.4) is 0 Å². The number of hydrogen-bond acceptors (Lipinski definition) is 3. The van der Waals surface area contributed by atoms with E-state index in [1.165, 1.54) is 0 Å². The van der Waals surface area contributed by atoms with E-state index in [9.17, 15) is 4.79 Å². The van der Waals surface area contributed by atoms with Gasteiger partial charge in [-0.3, -0.25) is 4.79 Å². The van der Waals surface area contributed by atoms with Crippen molar-refractivity contribution in [3.8, 4) is 5.75 Å². The first kappa shape index (κ1) is 12.9. The van der Waals surface area contributed by atoms with Crippen LogP contribution in [0, 0.1) is 5.92 Å². The van der Waals surface area contributed by atoms with Gasteiger partial charge in [-0.15, -0.1) is 0 Å². The van der Waals surface area contributed by atoms with Gasteiger partial charge in [0, 0.05) is 12.6 Å². The van der Waals surface area contributed by atoms with Crippen molar-refractivity contribution in [1.82, 2.24) is 10.6 Å². The van der Waals surface area contributed by atoms with E-state index >= 15 is 0 Å². The van der Waals surface area contributed by atoms with Crippen molar-refractivity contribution in [2.45, 2.75) is 19.4 Å². The first-order valence-electron chi connectivity index (χ1n) is 6.36. The van der Waals surface area contributed by atoms with Crippen molar-refractivity contribution in [3.05, 3.63) is 29.8 Å². The highest BCUT2D eigenvalue weighted by atomic mass is 16.5. The van der Waals surface area contributed by atoms with Crippen LogP contribution in [0.15, 0.2) is 24.3 Å². The zero-order valence-corrected chi connectivity index (χ0v) is 10.9. The third kappa shape index (κ3) is 3.01. The molecule has 2 atom stereocenters. The third-order valence-corrected chi connectivity index (χ3v) is 3.33. The molecule has 1 heterocycles. The first-order valence-corrected chi connectivity index (χ1v) is 6.36. The predicted octanol–water partition coefficient (Wildman–Crippen LogP) is 0.962. The molecular formula is C14H20N2O2. The molecule has 0 saturated carbocycles. The molecule has 0 aromatic heterocycles. The lowest BCUT2D eigenvalue weighted by Gasteiger charge is -2.25. The molecule has 0 saturated heterocycles. The highest BCUT2D eigenvalue weighted by Crippen LogP contribution is 2.26. The molecule has 2 N–H and O–H groups in total. The number of carbonyl (C=O) groups is 1. The molecule has 98 valence electrons. The number of hydrogen-bond donors (Lipinski definition) is 2. The van der Waals surface area contributed by atoms with Gasteiger partial charge in [-0.2, -0.15) is 0 Å². The Morgan fingerprint density at radius 1 is 1.50 bits per heavy atom. The van der Waals surface area contributed by atoms with Crippen molar-refractivity contribution in [2.75, 3.05) is 20.2 Å². The Labute approximate surface area is 108 Å². The number of ether oxygens (including phenoxy) is 1. The first-order chi connectivity index (χ1) is 8.70. The van der Waals surface area contributed by atoms with Gasteiger partial charge in [-0.1, -0.05) is 18.2 Å². The predicted molar refractivity (Wildman–Crippen MR) is 70.7 cm³/mol. The maximum absolute atomic E-state index is 12.0. The lowest BCUT2D eigenvalue weighted by molar-refractivity contribution is -0.126. The van der Waals surface area contributed by atoms with Gasteiger partial charge >= 0.3 is 0 Å². The summed E-state index contributed by atoms with van der Waals surface area (Å²) in [5, 5.41) is 6.05. The van der Waals surface area contributed by atoms with E-state index in [-0.39, 0.29) is 17.9 Å². The van der Waals surface area contributed by atoms with Crippen LogP contribution in [0.4, 0.5) is 0 Å². The second-order valence-electron chi connectivity index (χ2n) is 4.75. The molecule has 1 aliphatic rings. The van der Waals surface area contributed by atoms with Crippen LogP contribution in [0.5, 0.6) is 5.75 Å². The maximum Gasteiger partial charge on any atom is 0.226 e. The highest BCUT2D eigenvalue weighted by molar-refractivity contribution is 5.79. The summed E-state index contributed by atoms with van der Waals surface area (Å²) in [6.07, 6.45) is 0.760. The van der Waals surface area contributed by atoms with E-state index < -0.39 is 0 Å². The zero-order valence-electron chi connectivity index (χ0n) is 10.9. The summed E-state index contributed by atoms with van der Waals surface area (Å²) in [6, 6.07) is 8.18. The van der Waals surface area contributed by atoms with E-state index in [2.05, 4.69) is 10.6 Å². The number of likely N-dealkylation sites (N-methyl/N-ethyl adjacent to an activating group) is 1. The second-order valence-corrected chi connectivity index (χ2v) is 4.75. The summed E-state index contributed by atoms with van der Waals surface area (Å²) in [4.78, 5) is 12.0. The Morgan fingerprint density at radius 3 is 3.06 bits per heavy atom. The summed E-state index contributed by atoms with van der Waals surface area (Å²) in [5.74, 6) is 0.903. The second kappa shape index (κ2) is 5.87. The van der Waals surface area contributed by atoms with Crippen LogP contribution in [0.2, 0.25) is 0 Å². The molecule has 1 aromatic carbocycles. The fourth-order valence-corrected chi connectivity index (χ4v) is 2.00. The topological polar surface area (TPSA) is 50.4 Å². The van der Waals surface area contributed by atoms with Gasteiger partial charge in [0.1, 0.15) is 12.4 Å². The summed E-state index contributed by atoms with van der Waals surface area (Å²) in [6.45, 7) is 3.15. The monoisotopic (exact) mass is 248 g/mol. The van der Waals surface area contributed by atoms with Crippen LogP contribution in [0.1, 0.15) is 12.5 Å². The maximum atomic E-state index is 12.0. The van der Waals surface area contributed by atoms with Gasteiger partial charge in [0.2, 0.25) is 5.91 Å². The summed E-state index contributed by atoms with van der Waals surface area (Å²) in [5.41, 5.74) is 1.12. The summed E-state index contributed by atoms with van der Waals surface area (Å²) in [7, 11) is 1.89. The van der Waals surface area contributed by atoms with Crippen molar-refractivity contribution in [2.24, 2.45) is 5.92 Å². The lowest BCUT2D eigenvalue weighted by Crippen LogP contribution is -2.42. The van der Waals surface area contributed by atoms with E-state index in [0.29, 0.717) is 13.2 Å². The lowest BCUT2D eigenvalue weighted by atomic mass is 9.96. The van der Waals surface area contributed by atoms with E-state index in [0.717, 1.165) is 17.7 Å². The molecular weight excluding hydrogens is 228 g/mol. The van der Waals surface area contributed by atoms with Crippen molar-refractivity contribution in [1.29, 1.82) is 0 Å². The molecule has 0 aliphatic carbocycles. The molecule has 0 fully saturated rings. The van der Waals surface area contributed by atoms with Gasteiger partial charge in [0.25, 0.3) is 0 Å². The Hall–Kier alpha value is -1.55. The Morgan fingerprint density at radius 2 is 2.28 bits per heavy atom. The fourth-order valence-electron chi connectivity index (χ4n) is 2.00. The van der Waals surface area contributed by atoms with Crippen LogP contribution >= 0.6 is 0 Å². The molecule has 1 aromatic rings. The quantitative estimate of drug-likeness (QED) is 0.834. The number of rotatable bonds is 4. The van der Waals surface area contributed by atoms with E-state index in [1.54, 1.807) is 0 Å². The third-order valence-electron chi connectivity index (χ3n) is 3.33. The largest absolute Gasteiger partial charge is 0.492 e. The fraction of sp³-hybridized carbons (Fsp3) is 0.500. The van der Waals surface area contributed by atoms with Gasteiger partial charge in [0.05, 0.1) is 5.92 Å². The van der Waals surface area contributed by atoms with Gasteiger partial charge in [0.15, 0.2) is 0 Å². The minimum absolute atomic E-state index is 0.0756. The molecule has 0 bridgehead atoms. The molecule has 4 heteroatoms. The smallest absolute Gasteiger partial charge is 0.226 e. The minimum Gasteiger partial charge on any atom is -0.492 e. The molecule has 2 rings (SSSR count). The van der Waals surface area contributed by atoms with Crippen molar-refractivity contribution in [3.63, 3.8) is 0 Å². The molecule has 0 radical (unpaired) electrons.